The maximum atomic E-state index is 12.1. The zero-order valence-electron chi connectivity index (χ0n) is 10.2. The minimum Gasteiger partial charge on any atom is -0.352 e. The zero-order valence-corrected chi connectivity index (χ0v) is 13.4. The molecule has 1 saturated carbocycles. The molecule has 0 radical (unpaired) electrons. The molecule has 19 heavy (non-hydrogen) atoms. The molecule has 0 unspecified atom stereocenters. The van der Waals surface area contributed by atoms with Crippen molar-refractivity contribution in [2.24, 2.45) is 5.92 Å². The van der Waals surface area contributed by atoms with Crippen LogP contribution in [0.15, 0.2) is 21.5 Å². The van der Waals surface area contributed by atoms with Crippen LogP contribution in [0.1, 0.15) is 28.8 Å². The van der Waals surface area contributed by atoms with Crippen molar-refractivity contribution < 1.29 is 13.2 Å². The van der Waals surface area contributed by atoms with Crippen LogP contribution >= 0.6 is 26.6 Å². The maximum Gasteiger partial charge on any atom is 0.261 e. The van der Waals surface area contributed by atoms with Gasteiger partial charge in [-0.05, 0) is 43.4 Å². The van der Waals surface area contributed by atoms with Crippen LogP contribution in [0.3, 0.4) is 0 Å². The van der Waals surface area contributed by atoms with Crippen LogP contribution in [0.5, 0.6) is 0 Å². The van der Waals surface area contributed by atoms with Gasteiger partial charge in [0.15, 0.2) is 0 Å². The van der Waals surface area contributed by atoms with Gasteiger partial charge < -0.3 is 5.32 Å². The van der Waals surface area contributed by atoms with Crippen LogP contribution < -0.4 is 5.32 Å². The van der Waals surface area contributed by atoms with Gasteiger partial charge in [0.25, 0.3) is 15.0 Å². The molecule has 104 valence electrons. The topological polar surface area (TPSA) is 63.2 Å². The summed E-state index contributed by atoms with van der Waals surface area (Å²) in [6.07, 6.45) is 2.28. The summed E-state index contributed by atoms with van der Waals surface area (Å²) in [6.45, 7) is 2.38. The van der Waals surface area contributed by atoms with Crippen LogP contribution in [0.25, 0.3) is 0 Å². The summed E-state index contributed by atoms with van der Waals surface area (Å²) >= 11 is 3.25. The molecule has 0 bridgehead atoms. The first-order valence-electron chi connectivity index (χ1n) is 5.82. The lowest BCUT2D eigenvalue weighted by atomic mass is 10.1. The molecule has 0 aliphatic heterocycles. The van der Waals surface area contributed by atoms with Crippen molar-refractivity contribution in [1.29, 1.82) is 0 Å². The van der Waals surface area contributed by atoms with E-state index in [-0.39, 0.29) is 10.8 Å². The second-order valence-electron chi connectivity index (χ2n) is 4.67. The minimum atomic E-state index is -3.85. The molecule has 4 nitrogen and oxygen atoms in total. The Kier molecular flexibility index (Phi) is 4.23. The number of rotatable bonds is 4. The van der Waals surface area contributed by atoms with Crippen LogP contribution in [0.4, 0.5) is 0 Å². The SMILES string of the molecule is Cc1c(Br)cc(S(=O)(=O)Cl)cc1C(=O)NCC1CC1. The van der Waals surface area contributed by atoms with Gasteiger partial charge in [-0.2, -0.15) is 0 Å². The standard InChI is InChI=1S/C12H13BrClNO3S/c1-7-10(12(16)15-6-8-2-3-8)4-9(5-11(7)13)19(14,17)18/h4-5,8H,2-3,6H2,1H3,(H,15,16). The Morgan fingerprint density at radius 1 is 1.47 bits per heavy atom. The van der Waals surface area contributed by atoms with E-state index in [9.17, 15) is 13.2 Å². The lowest BCUT2D eigenvalue weighted by Crippen LogP contribution is -2.26. The Morgan fingerprint density at radius 2 is 2.11 bits per heavy atom. The molecule has 1 aromatic rings. The molecule has 0 aromatic heterocycles. The van der Waals surface area contributed by atoms with Gasteiger partial charge in [0.2, 0.25) is 0 Å². The van der Waals surface area contributed by atoms with Crippen LogP contribution in [-0.4, -0.2) is 20.9 Å². The Hall–Kier alpha value is -0.590. The van der Waals surface area contributed by atoms with Gasteiger partial charge in [-0.15, -0.1) is 0 Å². The summed E-state index contributed by atoms with van der Waals surface area (Å²) in [6, 6.07) is 2.71. The number of carbonyl (C=O) groups excluding carboxylic acids is 1. The van der Waals surface area contributed by atoms with Crippen molar-refractivity contribution in [3.05, 3.63) is 27.7 Å². The van der Waals surface area contributed by atoms with Crippen LogP contribution in [0.2, 0.25) is 0 Å². The van der Waals surface area contributed by atoms with E-state index in [1.54, 1.807) is 6.92 Å². The van der Waals surface area contributed by atoms with Gasteiger partial charge >= 0.3 is 0 Å². The molecular formula is C12H13BrClNO3S. The summed E-state index contributed by atoms with van der Waals surface area (Å²) in [4.78, 5) is 12.0. The zero-order chi connectivity index (χ0) is 14.2. The summed E-state index contributed by atoms with van der Waals surface area (Å²) < 4.78 is 23.3. The van der Waals surface area contributed by atoms with Crippen LogP contribution in [-0.2, 0) is 9.05 Å². The largest absolute Gasteiger partial charge is 0.352 e. The van der Waals surface area contributed by atoms with Crippen molar-refractivity contribution in [3.8, 4) is 0 Å². The molecule has 0 atom stereocenters. The number of hydrogen-bond acceptors (Lipinski definition) is 3. The molecular weight excluding hydrogens is 354 g/mol. The molecule has 1 aliphatic rings. The van der Waals surface area contributed by atoms with Gasteiger partial charge in [0, 0.05) is 27.3 Å². The van der Waals surface area contributed by atoms with Gasteiger partial charge in [0.05, 0.1) is 4.90 Å². The third kappa shape index (κ3) is 3.70. The summed E-state index contributed by atoms with van der Waals surface area (Å²) in [5.41, 5.74) is 1.02. The van der Waals surface area contributed by atoms with Crippen molar-refractivity contribution in [2.75, 3.05) is 6.54 Å². The van der Waals surface area contributed by atoms with E-state index < -0.39 is 9.05 Å². The predicted molar refractivity (Wildman–Crippen MR) is 77.0 cm³/mol. The molecule has 2 rings (SSSR count). The summed E-state index contributed by atoms with van der Waals surface area (Å²) in [5.74, 6) is 0.292. The molecule has 1 aromatic carbocycles. The smallest absolute Gasteiger partial charge is 0.261 e. The molecule has 1 aliphatic carbocycles. The predicted octanol–water partition coefficient (Wildman–Crippen LogP) is 2.82. The van der Waals surface area contributed by atoms with E-state index >= 15 is 0 Å². The highest BCUT2D eigenvalue weighted by Crippen LogP contribution is 2.29. The third-order valence-corrected chi connectivity index (χ3v) is 5.25. The molecule has 0 saturated heterocycles. The third-order valence-electron chi connectivity index (χ3n) is 3.09. The van der Waals surface area contributed by atoms with E-state index in [1.807, 2.05) is 0 Å². The van der Waals surface area contributed by atoms with Crippen molar-refractivity contribution in [3.63, 3.8) is 0 Å². The molecule has 1 fully saturated rings. The quantitative estimate of drug-likeness (QED) is 0.833. The van der Waals surface area contributed by atoms with E-state index in [0.717, 1.165) is 12.8 Å². The van der Waals surface area contributed by atoms with Crippen molar-refractivity contribution in [2.45, 2.75) is 24.7 Å². The van der Waals surface area contributed by atoms with Gasteiger partial charge in [-0.1, -0.05) is 15.9 Å². The average molecular weight is 367 g/mol. The summed E-state index contributed by atoms with van der Waals surface area (Å²) in [5, 5.41) is 2.81. The first kappa shape index (κ1) is 14.8. The second-order valence-corrected chi connectivity index (χ2v) is 8.09. The highest BCUT2D eigenvalue weighted by atomic mass is 79.9. The Labute approximate surface area is 125 Å². The fourth-order valence-corrected chi connectivity index (χ4v) is 3.08. The lowest BCUT2D eigenvalue weighted by molar-refractivity contribution is 0.0951. The normalized spacial score (nSPS) is 15.3. The van der Waals surface area contributed by atoms with Gasteiger partial charge in [-0.25, -0.2) is 8.42 Å². The number of carbonyl (C=O) groups is 1. The Bertz CT molecular complexity index is 626. The van der Waals surface area contributed by atoms with Gasteiger partial charge in [0.1, 0.15) is 0 Å². The maximum absolute atomic E-state index is 12.1. The van der Waals surface area contributed by atoms with E-state index in [0.29, 0.717) is 28.1 Å². The van der Waals surface area contributed by atoms with Crippen molar-refractivity contribution in [1.82, 2.24) is 5.32 Å². The molecule has 1 N–H and O–H groups in total. The highest BCUT2D eigenvalue weighted by Gasteiger charge is 2.23. The molecule has 1 amide bonds. The van der Waals surface area contributed by atoms with Crippen LogP contribution in [0, 0.1) is 12.8 Å². The van der Waals surface area contributed by atoms with Crippen molar-refractivity contribution >= 4 is 41.6 Å². The number of nitrogens with one attached hydrogen (secondary N) is 1. The monoisotopic (exact) mass is 365 g/mol. The Morgan fingerprint density at radius 3 is 2.63 bits per heavy atom. The minimum absolute atomic E-state index is 0.0804. The number of hydrogen-bond donors (Lipinski definition) is 1. The van der Waals surface area contributed by atoms with Gasteiger partial charge in [-0.3, -0.25) is 4.79 Å². The fourth-order valence-electron chi connectivity index (χ4n) is 1.68. The molecule has 7 heteroatoms. The number of benzene rings is 1. The molecule has 0 heterocycles. The number of halogens is 2. The molecule has 0 spiro atoms. The van der Waals surface area contributed by atoms with E-state index in [2.05, 4.69) is 21.2 Å². The first-order chi connectivity index (χ1) is 8.79. The van der Waals surface area contributed by atoms with E-state index in [1.165, 1.54) is 12.1 Å². The average Bonchev–Trinajstić information content (AvgIpc) is 3.11. The second kappa shape index (κ2) is 5.42. The fraction of sp³-hybridized carbons (Fsp3) is 0.417. The highest BCUT2D eigenvalue weighted by molar-refractivity contribution is 9.10. The first-order valence-corrected chi connectivity index (χ1v) is 8.92. The van der Waals surface area contributed by atoms with E-state index in [4.69, 9.17) is 10.7 Å². The Balaban J connectivity index is 2.31. The summed E-state index contributed by atoms with van der Waals surface area (Å²) in [7, 11) is 1.46. The lowest BCUT2D eigenvalue weighted by Gasteiger charge is -2.10. The number of amides is 1.